The number of H-pyrrole nitrogens is 1. The molecule has 0 bridgehead atoms. The van der Waals surface area contributed by atoms with E-state index in [4.69, 9.17) is 6.42 Å². The molecule has 128 valence electrons. The molecule has 3 rings (SSSR count). The summed E-state index contributed by atoms with van der Waals surface area (Å²) >= 11 is 1.16. The number of benzene rings is 1. The molecule has 2 heterocycles. The highest BCUT2D eigenvalue weighted by Gasteiger charge is 2.10. The first-order valence-electron chi connectivity index (χ1n) is 7.65. The molecule has 3 nitrogen and oxygen atoms in total. The number of rotatable bonds is 4. The van der Waals surface area contributed by atoms with E-state index in [1.165, 1.54) is 0 Å². The summed E-state index contributed by atoms with van der Waals surface area (Å²) in [6.45, 7) is 4.00. The van der Waals surface area contributed by atoms with Gasteiger partial charge in [-0.2, -0.15) is 0 Å². The van der Waals surface area contributed by atoms with Crippen LogP contribution in [0.25, 0.3) is 11.4 Å². The molecule has 0 aliphatic rings. The number of pyridine rings is 1. The second-order valence-corrected chi connectivity index (χ2v) is 5.50. The molecule has 2 N–H and O–H groups in total. The summed E-state index contributed by atoms with van der Waals surface area (Å²) in [6.07, 6.45) is 8.56. The molecule has 25 heavy (non-hydrogen) atoms. The fraction of sp³-hybridized carbons (Fsp3) is 0.105. The van der Waals surface area contributed by atoms with Gasteiger partial charge in [-0.25, -0.2) is 8.78 Å². The van der Waals surface area contributed by atoms with Gasteiger partial charge in [-0.05, 0) is 36.2 Å². The maximum atomic E-state index is 13.8. The van der Waals surface area contributed by atoms with Crippen molar-refractivity contribution in [2.24, 2.45) is 0 Å². The number of hydrogen-bond donors (Lipinski definition) is 2. The highest BCUT2D eigenvalue weighted by atomic mass is 32.2. The first-order chi connectivity index (χ1) is 12.2. The van der Waals surface area contributed by atoms with Crippen LogP contribution in [0.4, 0.5) is 14.5 Å². The predicted octanol–water partition coefficient (Wildman–Crippen LogP) is 5.48. The molecule has 0 spiro atoms. The maximum Gasteiger partial charge on any atom is 0.148 e. The van der Waals surface area contributed by atoms with Crippen molar-refractivity contribution in [2.45, 2.75) is 18.7 Å². The van der Waals surface area contributed by atoms with Crippen LogP contribution in [-0.2, 0) is 0 Å². The molecular weight excluding hydrogens is 340 g/mol. The van der Waals surface area contributed by atoms with E-state index in [1.807, 2.05) is 38.1 Å². The van der Waals surface area contributed by atoms with Crippen molar-refractivity contribution in [3.8, 4) is 23.7 Å². The summed E-state index contributed by atoms with van der Waals surface area (Å²) in [7, 11) is 0. The summed E-state index contributed by atoms with van der Waals surface area (Å²) in [5.74, 6) is 0.854. The number of hydrogen-bond acceptors (Lipinski definition) is 3. The fourth-order valence-electron chi connectivity index (χ4n) is 1.95. The molecule has 0 radical (unpaired) electrons. The second kappa shape index (κ2) is 8.90. The van der Waals surface area contributed by atoms with Gasteiger partial charge in [0.1, 0.15) is 11.6 Å². The normalized spacial score (nSPS) is 9.72. The van der Waals surface area contributed by atoms with Crippen molar-refractivity contribution >= 4 is 17.6 Å². The second-order valence-electron chi connectivity index (χ2n) is 4.62. The average molecular weight is 357 g/mol. The van der Waals surface area contributed by atoms with Crippen LogP contribution in [0.5, 0.6) is 0 Å². The van der Waals surface area contributed by atoms with Gasteiger partial charge in [0.25, 0.3) is 0 Å². The van der Waals surface area contributed by atoms with Crippen molar-refractivity contribution in [1.29, 1.82) is 0 Å². The van der Waals surface area contributed by atoms with E-state index < -0.39 is 11.6 Å². The minimum absolute atomic E-state index is 0.0343. The van der Waals surface area contributed by atoms with Crippen molar-refractivity contribution in [1.82, 2.24) is 9.97 Å². The Labute approximate surface area is 150 Å². The molecule has 0 aliphatic heterocycles. The van der Waals surface area contributed by atoms with Crippen LogP contribution in [0.3, 0.4) is 0 Å². The monoisotopic (exact) mass is 357 g/mol. The van der Waals surface area contributed by atoms with Gasteiger partial charge in [-0.15, -0.1) is 6.42 Å². The number of nitrogens with one attached hydrogen (secondary N) is 2. The number of nitrogens with zero attached hydrogens (tertiary/aromatic N) is 1. The van der Waals surface area contributed by atoms with Gasteiger partial charge in [0.15, 0.2) is 0 Å². The highest BCUT2D eigenvalue weighted by Crippen LogP contribution is 2.27. The Morgan fingerprint density at radius 2 is 1.96 bits per heavy atom. The molecule has 2 aromatic heterocycles. The molecule has 0 fully saturated rings. The molecule has 0 saturated carbocycles. The van der Waals surface area contributed by atoms with E-state index in [-0.39, 0.29) is 11.3 Å². The van der Waals surface area contributed by atoms with Gasteiger partial charge < -0.3 is 9.71 Å². The lowest BCUT2D eigenvalue weighted by atomic mass is 10.2. The predicted molar refractivity (Wildman–Crippen MR) is 99.1 cm³/mol. The zero-order valence-corrected chi connectivity index (χ0v) is 14.6. The van der Waals surface area contributed by atoms with Crippen molar-refractivity contribution in [3.05, 3.63) is 66.0 Å². The zero-order chi connectivity index (χ0) is 18.2. The van der Waals surface area contributed by atoms with Gasteiger partial charge in [0, 0.05) is 23.4 Å². The third-order valence-electron chi connectivity index (χ3n) is 3.09. The number of terminal acetylenes is 1. The van der Waals surface area contributed by atoms with Crippen LogP contribution in [-0.4, -0.2) is 9.97 Å². The van der Waals surface area contributed by atoms with Crippen molar-refractivity contribution in [2.75, 3.05) is 4.72 Å². The van der Waals surface area contributed by atoms with Crippen LogP contribution in [0.15, 0.2) is 53.7 Å². The van der Waals surface area contributed by atoms with Crippen LogP contribution in [0.1, 0.15) is 19.4 Å². The van der Waals surface area contributed by atoms with Gasteiger partial charge in [-0.1, -0.05) is 25.8 Å². The van der Waals surface area contributed by atoms with Gasteiger partial charge >= 0.3 is 0 Å². The molecule has 0 saturated heterocycles. The quantitative estimate of drug-likeness (QED) is 0.480. The molecule has 0 aliphatic carbocycles. The third kappa shape index (κ3) is 4.61. The highest BCUT2D eigenvalue weighted by molar-refractivity contribution is 8.00. The topological polar surface area (TPSA) is 40.7 Å². The average Bonchev–Trinajstić information content (AvgIpc) is 3.13. The Hall–Kier alpha value is -2.78. The lowest BCUT2D eigenvalue weighted by Gasteiger charge is -2.06. The van der Waals surface area contributed by atoms with Crippen LogP contribution < -0.4 is 4.72 Å². The van der Waals surface area contributed by atoms with E-state index in [9.17, 15) is 8.78 Å². The van der Waals surface area contributed by atoms with E-state index >= 15 is 0 Å². The fourth-order valence-corrected chi connectivity index (χ4v) is 2.63. The summed E-state index contributed by atoms with van der Waals surface area (Å²) in [4.78, 5) is 8.13. The lowest BCUT2D eigenvalue weighted by Crippen LogP contribution is -1.94. The van der Waals surface area contributed by atoms with Crippen LogP contribution >= 0.6 is 11.9 Å². The molecule has 0 unspecified atom stereocenters. The summed E-state index contributed by atoms with van der Waals surface area (Å²) in [5, 5.41) is 0. The maximum absolute atomic E-state index is 13.8. The van der Waals surface area contributed by atoms with Crippen LogP contribution in [0.2, 0.25) is 0 Å². The van der Waals surface area contributed by atoms with E-state index in [1.54, 1.807) is 12.4 Å². The minimum atomic E-state index is -0.639. The molecule has 6 heteroatoms. The number of aromatic nitrogens is 2. The minimum Gasteiger partial charge on any atom is -0.359 e. The first-order valence-corrected chi connectivity index (χ1v) is 8.47. The lowest BCUT2D eigenvalue weighted by molar-refractivity contribution is 0.601. The third-order valence-corrected chi connectivity index (χ3v) is 3.88. The summed E-state index contributed by atoms with van der Waals surface area (Å²) < 4.78 is 30.2. The Kier molecular flexibility index (Phi) is 6.61. The van der Waals surface area contributed by atoms with Crippen LogP contribution in [0, 0.1) is 24.0 Å². The van der Waals surface area contributed by atoms with Gasteiger partial charge in [0.05, 0.1) is 22.6 Å². The number of aromatic amines is 1. The van der Waals surface area contributed by atoms with Crippen molar-refractivity contribution < 1.29 is 8.78 Å². The Morgan fingerprint density at radius 1 is 1.16 bits per heavy atom. The molecule has 0 amide bonds. The standard InChI is InChI=1S/C17H11F2N3S.C2H6/c1-2-11-7-14(19)16(9-13(11)18)22-23-12-8-17(21-10-12)15-5-3-4-6-20-15;1-2/h1,3-10,21-22H;1-2H3. The summed E-state index contributed by atoms with van der Waals surface area (Å²) in [6, 6.07) is 9.50. The largest absolute Gasteiger partial charge is 0.359 e. The van der Waals surface area contributed by atoms with E-state index in [2.05, 4.69) is 20.6 Å². The Bertz CT molecular complexity index is 870. The molecule has 3 aromatic rings. The number of halogens is 2. The Morgan fingerprint density at radius 3 is 2.64 bits per heavy atom. The zero-order valence-electron chi connectivity index (χ0n) is 13.8. The van der Waals surface area contributed by atoms with E-state index in [0.29, 0.717) is 0 Å². The van der Waals surface area contributed by atoms with E-state index in [0.717, 1.165) is 40.4 Å². The molecular formula is C19H17F2N3S. The summed E-state index contributed by atoms with van der Waals surface area (Å²) in [5.41, 5.74) is 1.57. The molecule has 1 aromatic carbocycles. The Balaban J connectivity index is 0.00000109. The smallest absolute Gasteiger partial charge is 0.148 e. The first kappa shape index (κ1) is 18.6. The van der Waals surface area contributed by atoms with Gasteiger partial charge in [0.2, 0.25) is 0 Å². The number of anilines is 1. The van der Waals surface area contributed by atoms with Gasteiger partial charge in [-0.3, -0.25) is 4.98 Å². The molecule has 0 atom stereocenters. The van der Waals surface area contributed by atoms with Crippen molar-refractivity contribution in [3.63, 3.8) is 0 Å². The SMILES string of the molecule is C#Cc1cc(F)c(NSc2c[nH]c(-c3ccccn3)c2)cc1F.CC.